The van der Waals surface area contributed by atoms with E-state index in [0.717, 1.165) is 11.1 Å². The largest absolute Gasteiger partial charge is 0.394 e. The highest BCUT2D eigenvalue weighted by Gasteiger charge is 2.41. The minimum absolute atomic E-state index is 0.0350. The van der Waals surface area contributed by atoms with Crippen LogP contribution in [0.3, 0.4) is 0 Å². The number of hydrogen-bond donors (Lipinski definition) is 3. The Morgan fingerprint density at radius 1 is 1.03 bits per heavy atom. The number of ether oxygens (including phenoxy) is 1. The van der Waals surface area contributed by atoms with Crippen molar-refractivity contribution >= 4 is 17.5 Å². The van der Waals surface area contributed by atoms with Gasteiger partial charge in [0.2, 0.25) is 11.8 Å². The third kappa shape index (κ3) is 5.26. The molecule has 6 heteroatoms. The molecule has 0 unspecified atom stereocenters. The van der Waals surface area contributed by atoms with Crippen LogP contribution in [0.15, 0.2) is 54.6 Å². The first-order valence-electron chi connectivity index (χ1n) is 10.3. The molecule has 0 aliphatic carbocycles. The maximum absolute atomic E-state index is 13.3. The van der Waals surface area contributed by atoms with Gasteiger partial charge in [-0.15, -0.1) is 0 Å². The first kappa shape index (κ1) is 22.0. The van der Waals surface area contributed by atoms with Crippen LogP contribution in [0.25, 0.3) is 0 Å². The summed E-state index contributed by atoms with van der Waals surface area (Å²) in [5, 5.41) is 15.1. The molecule has 0 radical (unpaired) electrons. The van der Waals surface area contributed by atoms with Crippen LogP contribution < -0.4 is 10.6 Å². The van der Waals surface area contributed by atoms with Crippen molar-refractivity contribution in [2.45, 2.75) is 44.1 Å². The first-order chi connectivity index (χ1) is 14.3. The molecule has 2 aromatic carbocycles. The molecule has 1 heterocycles. The lowest BCUT2D eigenvalue weighted by Crippen LogP contribution is -2.46. The van der Waals surface area contributed by atoms with Gasteiger partial charge >= 0.3 is 0 Å². The molecule has 2 aromatic rings. The van der Waals surface area contributed by atoms with Crippen molar-refractivity contribution in [2.24, 2.45) is 0 Å². The van der Waals surface area contributed by atoms with E-state index in [1.54, 1.807) is 13.8 Å². The van der Waals surface area contributed by atoms with Crippen LogP contribution in [0, 0.1) is 0 Å². The van der Waals surface area contributed by atoms with Crippen LogP contribution in [-0.2, 0) is 26.2 Å². The molecule has 0 saturated carbocycles. The smallest absolute Gasteiger partial charge is 0.235 e. The van der Waals surface area contributed by atoms with E-state index in [1.165, 1.54) is 0 Å². The number of carbonyl (C=O) groups is 2. The normalized spacial score (nSPS) is 16.0. The summed E-state index contributed by atoms with van der Waals surface area (Å²) in [4.78, 5) is 25.4. The molecule has 160 valence electrons. The molecule has 6 nitrogen and oxygen atoms in total. The number of benzene rings is 2. The van der Waals surface area contributed by atoms with Crippen molar-refractivity contribution in [1.29, 1.82) is 0 Å². The highest BCUT2D eigenvalue weighted by Crippen LogP contribution is 2.36. The van der Waals surface area contributed by atoms with Gasteiger partial charge in [0.25, 0.3) is 0 Å². The predicted octanol–water partition coefficient (Wildman–Crippen LogP) is 2.80. The van der Waals surface area contributed by atoms with Crippen molar-refractivity contribution in [3.8, 4) is 0 Å². The first-order valence-corrected chi connectivity index (χ1v) is 10.3. The summed E-state index contributed by atoms with van der Waals surface area (Å²) in [6.07, 6.45) is 1.49. The summed E-state index contributed by atoms with van der Waals surface area (Å²) < 4.78 is 5.51. The number of rotatable bonds is 7. The molecule has 0 aromatic heterocycles. The van der Waals surface area contributed by atoms with Crippen molar-refractivity contribution in [3.63, 3.8) is 0 Å². The van der Waals surface area contributed by atoms with E-state index in [1.807, 2.05) is 54.6 Å². The van der Waals surface area contributed by atoms with E-state index >= 15 is 0 Å². The third-order valence-corrected chi connectivity index (χ3v) is 5.56. The van der Waals surface area contributed by atoms with Gasteiger partial charge < -0.3 is 20.5 Å². The van der Waals surface area contributed by atoms with E-state index < -0.39 is 11.0 Å². The van der Waals surface area contributed by atoms with Gasteiger partial charge in [0.1, 0.15) is 0 Å². The predicted molar refractivity (Wildman–Crippen MR) is 116 cm³/mol. The lowest BCUT2D eigenvalue weighted by molar-refractivity contribution is -0.125. The van der Waals surface area contributed by atoms with E-state index in [0.29, 0.717) is 31.7 Å². The van der Waals surface area contributed by atoms with Gasteiger partial charge in [-0.1, -0.05) is 42.5 Å². The maximum Gasteiger partial charge on any atom is 0.235 e. The summed E-state index contributed by atoms with van der Waals surface area (Å²) in [5.41, 5.74) is 1.28. The number of nitrogens with one attached hydrogen (secondary N) is 2. The Labute approximate surface area is 177 Å². The molecule has 3 N–H and O–H groups in total. The third-order valence-electron chi connectivity index (χ3n) is 5.56. The zero-order chi connectivity index (χ0) is 21.6. The summed E-state index contributed by atoms with van der Waals surface area (Å²) in [6.45, 7) is 4.52. The van der Waals surface area contributed by atoms with Crippen LogP contribution in [0.2, 0.25) is 0 Å². The van der Waals surface area contributed by atoms with Gasteiger partial charge in [0, 0.05) is 18.9 Å². The summed E-state index contributed by atoms with van der Waals surface area (Å²) in [6, 6.07) is 17.2. The summed E-state index contributed by atoms with van der Waals surface area (Å²) in [5.74, 6) is -0.191. The monoisotopic (exact) mass is 410 g/mol. The molecule has 3 rings (SSSR count). The van der Waals surface area contributed by atoms with Crippen LogP contribution in [-0.4, -0.2) is 42.3 Å². The number of hydrogen-bond acceptors (Lipinski definition) is 4. The standard InChI is InChI=1S/C24H30N2O4/c1-23(2,17-27)26-21(28)16-18-8-10-20(11-9-18)25-22(29)24(12-14-30-15-13-24)19-6-4-3-5-7-19/h3-11,27H,12-17H2,1-2H3,(H,25,29)(H,26,28). The second kappa shape index (κ2) is 9.41. The van der Waals surface area contributed by atoms with Crippen LogP contribution in [0.4, 0.5) is 5.69 Å². The zero-order valence-corrected chi connectivity index (χ0v) is 17.6. The average molecular weight is 411 g/mol. The lowest BCUT2D eigenvalue weighted by atomic mass is 9.73. The van der Waals surface area contributed by atoms with E-state index in [2.05, 4.69) is 10.6 Å². The Bertz CT molecular complexity index is 857. The Morgan fingerprint density at radius 3 is 2.27 bits per heavy atom. The Hall–Kier alpha value is -2.70. The van der Waals surface area contributed by atoms with Crippen LogP contribution >= 0.6 is 0 Å². The fraction of sp³-hybridized carbons (Fsp3) is 0.417. The van der Waals surface area contributed by atoms with Crippen molar-refractivity contribution in [3.05, 3.63) is 65.7 Å². The van der Waals surface area contributed by atoms with Crippen LogP contribution in [0.1, 0.15) is 37.8 Å². The fourth-order valence-electron chi connectivity index (χ4n) is 3.73. The quantitative estimate of drug-likeness (QED) is 0.655. The van der Waals surface area contributed by atoms with Crippen molar-refractivity contribution < 1.29 is 19.4 Å². The summed E-state index contributed by atoms with van der Waals surface area (Å²) in [7, 11) is 0. The van der Waals surface area contributed by atoms with Gasteiger partial charge in [-0.2, -0.15) is 0 Å². The second-order valence-corrected chi connectivity index (χ2v) is 8.48. The van der Waals surface area contributed by atoms with E-state index in [9.17, 15) is 14.7 Å². The molecular formula is C24H30N2O4. The molecule has 1 saturated heterocycles. The van der Waals surface area contributed by atoms with Gasteiger partial charge in [-0.05, 0) is 49.9 Å². The fourth-order valence-corrected chi connectivity index (χ4v) is 3.73. The van der Waals surface area contributed by atoms with Gasteiger partial charge in [-0.3, -0.25) is 9.59 Å². The minimum Gasteiger partial charge on any atom is -0.394 e. The topological polar surface area (TPSA) is 87.7 Å². The van der Waals surface area contributed by atoms with Gasteiger partial charge in [-0.25, -0.2) is 0 Å². The highest BCUT2D eigenvalue weighted by molar-refractivity contribution is 5.99. The summed E-state index contributed by atoms with van der Waals surface area (Å²) >= 11 is 0. The van der Waals surface area contributed by atoms with E-state index in [-0.39, 0.29) is 24.8 Å². The molecule has 1 aliphatic heterocycles. The number of carbonyl (C=O) groups excluding carboxylic acids is 2. The highest BCUT2D eigenvalue weighted by atomic mass is 16.5. The number of aliphatic hydroxyl groups is 1. The second-order valence-electron chi connectivity index (χ2n) is 8.48. The molecule has 30 heavy (non-hydrogen) atoms. The molecule has 1 aliphatic rings. The number of amides is 2. The molecule has 1 fully saturated rings. The van der Waals surface area contributed by atoms with Gasteiger partial charge in [0.15, 0.2) is 0 Å². The van der Waals surface area contributed by atoms with Crippen LogP contribution in [0.5, 0.6) is 0 Å². The molecular weight excluding hydrogens is 380 g/mol. The Kier molecular flexibility index (Phi) is 6.90. The van der Waals surface area contributed by atoms with Crippen molar-refractivity contribution in [2.75, 3.05) is 25.1 Å². The van der Waals surface area contributed by atoms with Crippen molar-refractivity contribution in [1.82, 2.24) is 5.32 Å². The SMILES string of the molecule is CC(C)(CO)NC(=O)Cc1ccc(NC(=O)C2(c3ccccc3)CCOCC2)cc1. The molecule has 0 bridgehead atoms. The molecule has 2 amide bonds. The average Bonchev–Trinajstić information content (AvgIpc) is 2.76. The lowest BCUT2D eigenvalue weighted by Gasteiger charge is -2.36. The number of aliphatic hydroxyl groups excluding tert-OH is 1. The van der Waals surface area contributed by atoms with E-state index in [4.69, 9.17) is 4.74 Å². The molecule has 0 spiro atoms. The zero-order valence-electron chi connectivity index (χ0n) is 17.6. The molecule has 0 atom stereocenters. The minimum atomic E-state index is -0.652. The number of anilines is 1. The maximum atomic E-state index is 13.3. The Morgan fingerprint density at radius 2 is 1.67 bits per heavy atom. The van der Waals surface area contributed by atoms with Gasteiger partial charge in [0.05, 0.1) is 24.0 Å². The Balaban J connectivity index is 1.68.